The quantitative estimate of drug-likeness (QED) is 0.817. The van der Waals surface area contributed by atoms with Gasteiger partial charge in [0, 0.05) is 18.7 Å². The molecule has 1 amide bonds. The molecule has 1 aliphatic rings. The van der Waals surface area contributed by atoms with E-state index in [9.17, 15) is 9.59 Å². The van der Waals surface area contributed by atoms with Crippen molar-refractivity contribution in [1.82, 2.24) is 4.90 Å². The fourth-order valence-corrected chi connectivity index (χ4v) is 3.20. The lowest BCUT2D eigenvalue weighted by Gasteiger charge is -2.31. The van der Waals surface area contributed by atoms with Gasteiger partial charge in [-0.05, 0) is 36.6 Å². The highest BCUT2D eigenvalue weighted by Crippen LogP contribution is 2.24. The molecule has 0 N–H and O–H groups in total. The van der Waals surface area contributed by atoms with Crippen LogP contribution >= 0.6 is 0 Å². The van der Waals surface area contributed by atoms with Gasteiger partial charge in [0.15, 0.2) is 0 Å². The van der Waals surface area contributed by atoms with Gasteiger partial charge in [0.25, 0.3) is 5.91 Å². The minimum atomic E-state index is -0.206. The monoisotopic (exact) mass is 311 g/mol. The molecule has 0 saturated carbocycles. The molecule has 1 atom stereocenters. The molecule has 4 nitrogen and oxygen atoms in total. The van der Waals surface area contributed by atoms with Crippen molar-refractivity contribution >= 4 is 22.6 Å². The van der Waals surface area contributed by atoms with Crippen molar-refractivity contribution in [3.05, 3.63) is 48.0 Å². The van der Waals surface area contributed by atoms with Crippen molar-refractivity contribution in [1.29, 1.82) is 0 Å². The average molecular weight is 311 g/mol. The van der Waals surface area contributed by atoms with E-state index in [1.54, 1.807) is 11.8 Å². The Morgan fingerprint density at radius 1 is 1.17 bits per heavy atom. The van der Waals surface area contributed by atoms with E-state index in [2.05, 4.69) is 0 Å². The van der Waals surface area contributed by atoms with E-state index in [-0.39, 0.29) is 17.8 Å². The third-order valence-electron chi connectivity index (χ3n) is 4.35. The number of likely N-dealkylation sites (tertiary alicyclic amines) is 1. The van der Waals surface area contributed by atoms with Gasteiger partial charge in [-0.2, -0.15) is 0 Å². The van der Waals surface area contributed by atoms with Crippen LogP contribution in [0.2, 0.25) is 0 Å². The number of fused-ring (bicyclic) bond motifs is 1. The zero-order valence-electron chi connectivity index (χ0n) is 13.3. The number of ether oxygens (including phenoxy) is 1. The van der Waals surface area contributed by atoms with Crippen LogP contribution in [-0.2, 0) is 9.53 Å². The molecule has 3 rings (SSSR count). The van der Waals surface area contributed by atoms with Crippen LogP contribution in [0.4, 0.5) is 0 Å². The van der Waals surface area contributed by atoms with E-state index in [0.717, 1.165) is 23.6 Å². The summed E-state index contributed by atoms with van der Waals surface area (Å²) in [5.41, 5.74) is 0.701. The van der Waals surface area contributed by atoms with Crippen molar-refractivity contribution in [2.75, 3.05) is 19.7 Å². The number of carbonyl (C=O) groups is 2. The van der Waals surface area contributed by atoms with Crippen molar-refractivity contribution in [2.45, 2.75) is 19.8 Å². The number of hydrogen-bond acceptors (Lipinski definition) is 3. The van der Waals surface area contributed by atoms with Crippen LogP contribution in [0.3, 0.4) is 0 Å². The molecule has 2 aromatic carbocycles. The first kappa shape index (κ1) is 15.5. The van der Waals surface area contributed by atoms with E-state index < -0.39 is 0 Å². The summed E-state index contributed by atoms with van der Waals surface area (Å²) in [6, 6.07) is 13.6. The van der Waals surface area contributed by atoms with Crippen LogP contribution in [0.15, 0.2) is 42.5 Å². The van der Waals surface area contributed by atoms with E-state index in [1.807, 2.05) is 42.5 Å². The highest BCUT2D eigenvalue weighted by molar-refractivity contribution is 6.07. The zero-order valence-corrected chi connectivity index (χ0v) is 13.3. The fourth-order valence-electron chi connectivity index (χ4n) is 3.20. The van der Waals surface area contributed by atoms with Crippen LogP contribution in [0.1, 0.15) is 30.1 Å². The molecule has 0 bridgehead atoms. The number of amides is 1. The summed E-state index contributed by atoms with van der Waals surface area (Å²) in [5, 5.41) is 2.01. The molecule has 120 valence electrons. The number of carbonyl (C=O) groups excluding carboxylic acids is 2. The lowest BCUT2D eigenvalue weighted by atomic mass is 9.96. The topological polar surface area (TPSA) is 46.6 Å². The molecule has 0 unspecified atom stereocenters. The minimum absolute atomic E-state index is 0.00389. The third kappa shape index (κ3) is 3.21. The summed E-state index contributed by atoms with van der Waals surface area (Å²) in [6.45, 7) is 3.32. The number of benzene rings is 2. The highest BCUT2D eigenvalue weighted by atomic mass is 16.5. The van der Waals surface area contributed by atoms with Crippen LogP contribution in [0, 0.1) is 5.92 Å². The highest BCUT2D eigenvalue weighted by Gasteiger charge is 2.30. The minimum Gasteiger partial charge on any atom is -0.466 e. The molecule has 0 aliphatic carbocycles. The first-order chi connectivity index (χ1) is 11.2. The maximum atomic E-state index is 12.9. The molecule has 1 saturated heterocycles. The van der Waals surface area contributed by atoms with Crippen LogP contribution in [0.5, 0.6) is 0 Å². The fraction of sp³-hybridized carbons (Fsp3) is 0.368. The van der Waals surface area contributed by atoms with Crippen LogP contribution in [-0.4, -0.2) is 36.5 Å². The van der Waals surface area contributed by atoms with Gasteiger partial charge in [0.05, 0.1) is 12.5 Å². The Bertz CT molecular complexity index is 720. The molecular weight excluding hydrogens is 290 g/mol. The number of hydrogen-bond donors (Lipinski definition) is 0. The lowest BCUT2D eigenvalue weighted by Crippen LogP contribution is -2.42. The maximum Gasteiger partial charge on any atom is 0.310 e. The standard InChI is InChI=1S/C19H21NO3/c1-2-23-19(22)15-9-6-12-20(13-15)18(21)17-11-5-8-14-7-3-4-10-16(14)17/h3-5,7-8,10-11,15H,2,6,9,12-13H2,1H3/t15-/m1/s1. The number of rotatable bonds is 3. The smallest absolute Gasteiger partial charge is 0.310 e. The SMILES string of the molecule is CCOC(=O)[C@@H]1CCCN(C(=O)c2cccc3ccccc23)C1. The molecule has 1 aliphatic heterocycles. The van der Waals surface area contributed by atoms with Crippen LogP contribution in [0.25, 0.3) is 10.8 Å². The van der Waals surface area contributed by atoms with Crippen molar-refractivity contribution in [2.24, 2.45) is 5.92 Å². The molecular formula is C19H21NO3. The number of esters is 1. The number of piperidine rings is 1. The van der Waals surface area contributed by atoms with Gasteiger partial charge in [-0.25, -0.2) is 0 Å². The number of nitrogens with zero attached hydrogens (tertiary/aromatic N) is 1. The summed E-state index contributed by atoms with van der Waals surface area (Å²) in [7, 11) is 0. The Labute approximate surface area is 136 Å². The Morgan fingerprint density at radius 3 is 2.78 bits per heavy atom. The third-order valence-corrected chi connectivity index (χ3v) is 4.35. The normalized spacial score (nSPS) is 18.0. The summed E-state index contributed by atoms with van der Waals surface area (Å²) in [5.74, 6) is -0.402. The van der Waals surface area contributed by atoms with E-state index in [0.29, 0.717) is 25.3 Å². The van der Waals surface area contributed by atoms with Gasteiger partial charge >= 0.3 is 5.97 Å². The molecule has 23 heavy (non-hydrogen) atoms. The van der Waals surface area contributed by atoms with Gasteiger partial charge in [-0.1, -0.05) is 36.4 Å². The van der Waals surface area contributed by atoms with Gasteiger partial charge < -0.3 is 9.64 Å². The van der Waals surface area contributed by atoms with Gasteiger partial charge in [-0.15, -0.1) is 0 Å². The predicted octanol–water partition coefficient (Wildman–Crippen LogP) is 3.26. The molecule has 4 heteroatoms. The summed E-state index contributed by atoms with van der Waals surface area (Å²) >= 11 is 0. The predicted molar refractivity (Wildman–Crippen MR) is 89.2 cm³/mol. The van der Waals surface area contributed by atoms with E-state index in [4.69, 9.17) is 4.74 Å². The largest absolute Gasteiger partial charge is 0.466 e. The Hall–Kier alpha value is -2.36. The second-order valence-electron chi connectivity index (χ2n) is 5.87. The van der Waals surface area contributed by atoms with E-state index in [1.165, 1.54) is 0 Å². The zero-order chi connectivity index (χ0) is 16.2. The lowest BCUT2D eigenvalue weighted by molar-refractivity contribution is -0.149. The summed E-state index contributed by atoms with van der Waals surface area (Å²) in [4.78, 5) is 26.7. The van der Waals surface area contributed by atoms with Crippen molar-refractivity contribution < 1.29 is 14.3 Å². The molecule has 1 fully saturated rings. The Balaban J connectivity index is 1.83. The van der Waals surface area contributed by atoms with Gasteiger partial charge in [0.1, 0.15) is 0 Å². The molecule has 0 radical (unpaired) electrons. The molecule has 0 aromatic heterocycles. The summed E-state index contributed by atoms with van der Waals surface area (Å²) in [6.07, 6.45) is 1.62. The average Bonchev–Trinajstić information content (AvgIpc) is 2.61. The second kappa shape index (κ2) is 6.82. The molecule has 0 spiro atoms. The molecule has 1 heterocycles. The summed E-state index contributed by atoms with van der Waals surface area (Å²) < 4.78 is 5.11. The van der Waals surface area contributed by atoms with Crippen molar-refractivity contribution in [3.63, 3.8) is 0 Å². The van der Waals surface area contributed by atoms with Gasteiger partial charge in [-0.3, -0.25) is 9.59 Å². The Morgan fingerprint density at radius 2 is 1.96 bits per heavy atom. The van der Waals surface area contributed by atoms with Gasteiger partial charge in [0.2, 0.25) is 0 Å². The van der Waals surface area contributed by atoms with Crippen molar-refractivity contribution in [3.8, 4) is 0 Å². The first-order valence-corrected chi connectivity index (χ1v) is 8.14. The second-order valence-corrected chi connectivity index (χ2v) is 5.87. The van der Waals surface area contributed by atoms with Crippen LogP contribution < -0.4 is 0 Å². The van der Waals surface area contributed by atoms with E-state index >= 15 is 0 Å². The molecule has 2 aromatic rings. The Kier molecular flexibility index (Phi) is 4.60. The first-order valence-electron chi connectivity index (χ1n) is 8.14. The maximum absolute atomic E-state index is 12.9.